The predicted octanol–water partition coefficient (Wildman–Crippen LogP) is 2.34. The number of nitrogens with one attached hydrogen (secondary N) is 2. The number of nitrogens with two attached hydrogens (primary N) is 1. The summed E-state index contributed by atoms with van der Waals surface area (Å²) in [4.78, 5) is 18.4. The van der Waals surface area contributed by atoms with Gasteiger partial charge in [0.05, 0.1) is 23.4 Å². The van der Waals surface area contributed by atoms with Crippen LogP contribution in [0.25, 0.3) is 0 Å². The van der Waals surface area contributed by atoms with Gasteiger partial charge in [0.2, 0.25) is 15.9 Å². The molecule has 196 valence electrons. The van der Waals surface area contributed by atoms with Crippen molar-refractivity contribution in [1.29, 1.82) is 10.5 Å². The number of rotatable bonds is 11. The van der Waals surface area contributed by atoms with Crippen molar-refractivity contribution in [2.45, 2.75) is 37.5 Å². The quantitative estimate of drug-likeness (QED) is 0.362. The van der Waals surface area contributed by atoms with E-state index in [0.29, 0.717) is 65.0 Å². The van der Waals surface area contributed by atoms with Crippen LogP contribution in [0.3, 0.4) is 0 Å². The SMILES string of the molecule is CCc1c(C#N)c(SCc2ccc(NS(=O)(=O)CC)cc2)nc(N2CC[C@@H](CNC(=O)CN)C2)c1C#N. The highest BCUT2D eigenvalue weighted by atomic mass is 32.2. The highest BCUT2D eigenvalue weighted by Crippen LogP contribution is 2.35. The summed E-state index contributed by atoms with van der Waals surface area (Å²) in [7, 11) is -3.35. The zero-order valence-electron chi connectivity index (χ0n) is 21.0. The number of anilines is 2. The predicted molar refractivity (Wildman–Crippen MR) is 145 cm³/mol. The molecule has 12 heteroatoms. The van der Waals surface area contributed by atoms with Crippen LogP contribution in [0.1, 0.15) is 42.5 Å². The summed E-state index contributed by atoms with van der Waals surface area (Å²) in [6.07, 6.45) is 1.36. The Morgan fingerprint density at radius 3 is 2.51 bits per heavy atom. The first-order valence-electron chi connectivity index (χ1n) is 12.1. The second kappa shape index (κ2) is 12.8. The maximum atomic E-state index is 11.8. The Balaban J connectivity index is 1.82. The normalized spacial score (nSPS) is 15.2. The molecule has 0 unspecified atom stereocenters. The van der Waals surface area contributed by atoms with Crippen LogP contribution in [0.15, 0.2) is 29.3 Å². The van der Waals surface area contributed by atoms with Crippen molar-refractivity contribution in [3.05, 3.63) is 46.5 Å². The van der Waals surface area contributed by atoms with Crippen LogP contribution in [0.4, 0.5) is 11.5 Å². The third-order valence-corrected chi connectivity index (χ3v) is 8.52. The molecule has 1 aromatic carbocycles. The molecule has 3 rings (SSSR count). The number of hydrogen-bond acceptors (Lipinski definition) is 9. The van der Waals surface area contributed by atoms with Gasteiger partial charge in [-0.25, -0.2) is 13.4 Å². The summed E-state index contributed by atoms with van der Waals surface area (Å²) >= 11 is 1.41. The molecule has 4 N–H and O–H groups in total. The zero-order valence-corrected chi connectivity index (χ0v) is 22.6. The smallest absolute Gasteiger partial charge is 0.233 e. The van der Waals surface area contributed by atoms with Crippen molar-refractivity contribution >= 4 is 39.2 Å². The van der Waals surface area contributed by atoms with Gasteiger partial charge in [-0.1, -0.05) is 19.1 Å². The molecule has 0 spiro atoms. The van der Waals surface area contributed by atoms with E-state index in [0.717, 1.165) is 12.0 Å². The summed E-state index contributed by atoms with van der Waals surface area (Å²) in [6.45, 7) is 5.28. The monoisotopic (exact) mass is 541 g/mol. The van der Waals surface area contributed by atoms with E-state index in [4.69, 9.17) is 10.7 Å². The fraction of sp³-hybridized carbons (Fsp3) is 0.440. The maximum absolute atomic E-state index is 11.8. The van der Waals surface area contributed by atoms with Gasteiger partial charge in [0.15, 0.2) is 0 Å². The highest BCUT2D eigenvalue weighted by Gasteiger charge is 2.29. The van der Waals surface area contributed by atoms with Crippen LogP contribution in [0.5, 0.6) is 0 Å². The van der Waals surface area contributed by atoms with Crippen molar-refractivity contribution in [2.75, 3.05) is 41.6 Å². The van der Waals surface area contributed by atoms with Gasteiger partial charge in [-0.15, -0.1) is 11.8 Å². The molecule has 1 saturated heterocycles. The molecular formula is C25H31N7O3S2. The van der Waals surface area contributed by atoms with E-state index in [1.165, 1.54) is 11.8 Å². The number of carbonyl (C=O) groups excluding carboxylic acids is 1. The first kappa shape index (κ1) is 28.3. The summed E-state index contributed by atoms with van der Waals surface area (Å²) in [5.41, 5.74) is 8.31. The van der Waals surface area contributed by atoms with Gasteiger partial charge in [0.25, 0.3) is 0 Å². The molecule has 10 nitrogen and oxygen atoms in total. The van der Waals surface area contributed by atoms with E-state index in [-0.39, 0.29) is 24.1 Å². The molecule has 0 radical (unpaired) electrons. The molecular weight excluding hydrogens is 510 g/mol. The standard InChI is InChI=1S/C25H31N7O3S2/c1-3-20-21(11-26)24(32-10-9-18(15-32)14-29-23(33)13-28)30-25(22(20)12-27)36-16-17-5-7-19(8-6-17)31-37(34,35)4-2/h5-8,18,31H,3-4,9-10,13-16,28H2,1-2H3,(H,29,33)/t18-/m0/s1. The number of nitrogens with zero attached hydrogens (tertiary/aromatic N) is 4. The van der Waals surface area contributed by atoms with Crippen molar-refractivity contribution in [3.8, 4) is 12.1 Å². The van der Waals surface area contributed by atoms with Crippen LogP contribution < -0.4 is 20.7 Å². The van der Waals surface area contributed by atoms with E-state index in [1.807, 2.05) is 19.1 Å². The fourth-order valence-corrected chi connectivity index (χ4v) is 5.71. The minimum Gasteiger partial charge on any atom is -0.355 e. The molecule has 1 atom stereocenters. The summed E-state index contributed by atoms with van der Waals surface area (Å²) in [6, 6.07) is 11.6. The Labute approximate surface area is 222 Å². The van der Waals surface area contributed by atoms with Crippen molar-refractivity contribution in [2.24, 2.45) is 11.7 Å². The second-order valence-corrected chi connectivity index (χ2v) is 11.6. The molecule has 0 aliphatic carbocycles. The average Bonchev–Trinajstić information content (AvgIpc) is 3.38. The van der Waals surface area contributed by atoms with Crippen molar-refractivity contribution in [3.63, 3.8) is 0 Å². The molecule has 1 aliphatic rings. The molecule has 37 heavy (non-hydrogen) atoms. The van der Waals surface area contributed by atoms with Crippen molar-refractivity contribution < 1.29 is 13.2 Å². The average molecular weight is 542 g/mol. The van der Waals surface area contributed by atoms with E-state index in [1.54, 1.807) is 19.1 Å². The molecule has 2 heterocycles. The Morgan fingerprint density at radius 2 is 1.92 bits per heavy atom. The van der Waals surface area contributed by atoms with Gasteiger partial charge in [0.1, 0.15) is 23.0 Å². The lowest BCUT2D eigenvalue weighted by molar-refractivity contribution is -0.119. The third-order valence-electron chi connectivity index (χ3n) is 6.17. The molecule has 2 aromatic rings. The lowest BCUT2D eigenvalue weighted by Crippen LogP contribution is -2.35. The van der Waals surface area contributed by atoms with Gasteiger partial charge >= 0.3 is 0 Å². The minimum atomic E-state index is -3.35. The number of hydrogen-bond donors (Lipinski definition) is 3. The first-order chi connectivity index (χ1) is 17.7. The maximum Gasteiger partial charge on any atom is 0.233 e. The number of thioether (sulfide) groups is 1. The third kappa shape index (κ3) is 7.13. The molecule has 0 saturated carbocycles. The number of amides is 1. The van der Waals surface area contributed by atoms with Crippen LogP contribution >= 0.6 is 11.8 Å². The number of carbonyl (C=O) groups is 1. The van der Waals surface area contributed by atoms with Crippen LogP contribution in [0, 0.1) is 28.6 Å². The fourth-order valence-electron chi connectivity index (χ4n) is 4.11. The lowest BCUT2D eigenvalue weighted by Gasteiger charge is -2.22. The van der Waals surface area contributed by atoms with Gasteiger partial charge in [0, 0.05) is 31.1 Å². The molecule has 1 fully saturated rings. The van der Waals surface area contributed by atoms with Gasteiger partial charge < -0.3 is 16.0 Å². The Morgan fingerprint density at radius 1 is 1.22 bits per heavy atom. The Hall–Kier alpha value is -3.32. The lowest BCUT2D eigenvalue weighted by atomic mass is 10.0. The number of benzene rings is 1. The number of sulfonamides is 1. The number of pyridine rings is 1. The Bertz CT molecular complexity index is 1320. The van der Waals surface area contributed by atoms with E-state index >= 15 is 0 Å². The van der Waals surface area contributed by atoms with Gasteiger partial charge in [-0.2, -0.15) is 10.5 Å². The zero-order chi connectivity index (χ0) is 27.0. The first-order valence-corrected chi connectivity index (χ1v) is 14.7. The van der Waals surface area contributed by atoms with Gasteiger partial charge in [-0.3, -0.25) is 9.52 Å². The van der Waals surface area contributed by atoms with Crippen molar-refractivity contribution in [1.82, 2.24) is 10.3 Å². The highest BCUT2D eigenvalue weighted by molar-refractivity contribution is 7.98. The van der Waals surface area contributed by atoms with Gasteiger partial charge in [-0.05, 0) is 48.9 Å². The number of nitriles is 2. The summed E-state index contributed by atoms with van der Waals surface area (Å²) in [5, 5.41) is 23.3. The topological polar surface area (TPSA) is 165 Å². The van der Waals surface area contributed by atoms with Crippen LogP contribution in [-0.4, -0.2) is 51.2 Å². The molecule has 1 aliphatic heterocycles. The summed E-state index contributed by atoms with van der Waals surface area (Å²) in [5.74, 6) is 1.09. The van der Waals surface area contributed by atoms with E-state index in [9.17, 15) is 23.7 Å². The molecule has 0 bridgehead atoms. The largest absolute Gasteiger partial charge is 0.355 e. The molecule has 1 amide bonds. The molecule has 1 aromatic heterocycles. The minimum absolute atomic E-state index is 0.00586. The second-order valence-electron chi connectivity index (χ2n) is 8.65. The summed E-state index contributed by atoms with van der Waals surface area (Å²) < 4.78 is 26.1. The van der Waals surface area contributed by atoms with Crippen LogP contribution in [-0.2, 0) is 27.0 Å². The van der Waals surface area contributed by atoms with Crippen LogP contribution in [0.2, 0.25) is 0 Å². The van der Waals surface area contributed by atoms with E-state index in [2.05, 4.69) is 27.1 Å². The van der Waals surface area contributed by atoms with E-state index < -0.39 is 10.0 Å². The Kier molecular flexibility index (Phi) is 9.75. The number of aromatic nitrogens is 1.